The van der Waals surface area contributed by atoms with Gasteiger partial charge in [0.2, 0.25) is 0 Å². The zero-order chi connectivity index (χ0) is 13.5. The predicted molar refractivity (Wildman–Crippen MR) is 77.5 cm³/mol. The molecule has 1 aromatic heterocycles. The molecule has 1 aromatic rings. The summed E-state index contributed by atoms with van der Waals surface area (Å²) in [6.07, 6.45) is 4.84. The highest BCUT2D eigenvalue weighted by Crippen LogP contribution is 2.09. The van der Waals surface area contributed by atoms with Crippen LogP contribution in [0.2, 0.25) is 0 Å². The summed E-state index contributed by atoms with van der Waals surface area (Å²) in [5, 5.41) is 8.97. The summed E-state index contributed by atoms with van der Waals surface area (Å²) in [5.41, 5.74) is 0. The van der Waals surface area contributed by atoms with Gasteiger partial charge in [-0.2, -0.15) is 0 Å². The number of hydrogen-bond donors (Lipinski definition) is 2. The number of nitrogens with one attached hydrogen (secondary N) is 2. The lowest BCUT2D eigenvalue weighted by molar-refractivity contribution is 0.192. The van der Waals surface area contributed by atoms with Crippen molar-refractivity contribution in [3.63, 3.8) is 0 Å². The second-order valence-corrected chi connectivity index (χ2v) is 5.79. The number of hydrogen-bond acceptors (Lipinski definition) is 4. The molecule has 0 spiro atoms. The molecule has 0 radical (unpaired) electrons. The number of nitrogens with zero attached hydrogens (tertiary/aromatic N) is 2. The summed E-state index contributed by atoms with van der Waals surface area (Å²) in [7, 11) is 0. The number of urea groups is 1. The maximum absolute atomic E-state index is 11.8. The van der Waals surface area contributed by atoms with Gasteiger partial charge >= 0.3 is 6.03 Å². The minimum Gasteiger partial charge on any atom is -0.338 e. The van der Waals surface area contributed by atoms with Crippen molar-refractivity contribution in [2.24, 2.45) is 0 Å². The van der Waals surface area contributed by atoms with Gasteiger partial charge in [-0.1, -0.05) is 6.92 Å². The Labute approximate surface area is 118 Å². The number of rotatable bonds is 5. The molecule has 1 aliphatic rings. The van der Waals surface area contributed by atoms with Crippen molar-refractivity contribution < 1.29 is 4.79 Å². The van der Waals surface area contributed by atoms with Gasteiger partial charge in [0.05, 0.1) is 5.01 Å². The van der Waals surface area contributed by atoms with Crippen LogP contribution in [0.4, 0.5) is 4.79 Å². The molecule has 0 bridgehead atoms. The number of amides is 2. The Balaban J connectivity index is 1.63. The fraction of sp³-hybridized carbons (Fsp3) is 0.692. The third-order valence-corrected chi connectivity index (χ3v) is 4.24. The van der Waals surface area contributed by atoms with E-state index in [9.17, 15) is 4.79 Å². The predicted octanol–water partition coefficient (Wildman–Crippen LogP) is 1.47. The molecular formula is C13H22N4OS. The third kappa shape index (κ3) is 4.80. The van der Waals surface area contributed by atoms with Gasteiger partial charge in [0, 0.05) is 37.1 Å². The number of carbonyl (C=O) groups is 1. The lowest BCUT2D eigenvalue weighted by Crippen LogP contribution is -2.50. The molecule has 2 amide bonds. The summed E-state index contributed by atoms with van der Waals surface area (Å²) >= 11 is 1.62. The van der Waals surface area contributed by atoms with E-state index < -0.39 is 0 Å². The van der Waals surface area contributed by atoms with E-state index in [1.54, 1.807) is 17.5 Å². The Morgan fingerprint density at radius 1 is 1.63 bits per heavy atom. The van der Waals surface area contributed by atoms with Crippen molar-refractivity contribution in [1.82, 2.24) is 20.5 Å². The van der Waals surface area contributed by atoms with Crippen LogP contribution in [0.3, 0.4) is 0 Å². The van der Waals surface area contributed by atoms with Gasteiger partial charge in [-0.25, -0.2) is 9.78 Å². The molecule has 1 saturated heterocycles. The Bertz CT molecular complexity index is 382. The Kier molecular flexibility index (Phi) is 5.60. The van der Waals surface area contributed by atoms with E-state index in [-0.39, 0.29) is 12.1 Å². The van der Waals surface area contributed by atoms with Gasteiger partial charge in [-0.05, 0) is 25.9 Å². The normalized spacial score (nSPS) is 20.2. The molecule has 2 rings (SSSR count). The first kappa shape index (κ1) is 14.3. The van der Waals surface area contributed by atoms with Crippen molar-refractivity contribution >= 4 is 17.4 Å². The zero-order valence-corrected chi connectivity index (χ0v) is 12.2. The molecule has 0 aliphatic carbocycles. The van der Waals surface area contributed by atoms with Crippen LogP contribution in [0.1, 0.15) is 24.8 Å². The topological polar surface area (TPSA) is 57.3 Å². The van der Waals surface area contributed by atoms with Crippen LogP contribution in [0.5, 0.6) is 0 Å². The van der Waals surface area contributed by atoms with Crippen molar-refractivity contribution in [2.45, 2.75) is 32.2 Å². The summed E-state index contributed by atoms with van der Waals surface area (Å²) in [6.45, 7) is 5.99. The average Bonchev–Trinajstić information content (AvgIpc) is 2.92. The van der Waals surface area contributed by atoms with E-state index in [4.69, 9.17) is 0 Å². The highest BCUT2D eigenvalue weighted by molar-refractivity contribution is 7.09. The maximum atomic E-state index is 11.8. The minimum atomic E-state index is -0.0560. The zero-order valence-electron chi connectivity index (χ0n) is 11.4. The fourth-order valence-corrected chi connectivity index (χ4v) is 2.98. The van der Waals surface area contributed by atoms with Crippen LogP contribution < -0.4 is 10.6 Å². The molecule has 1 atom stereocenters. The molecular weight excluding hydrogens is 260 g/mol. The van der Waals surface area contributed by atoms with Crippen LogP contribution >= 0.6 is 11.3 Å². The molecule has 106 valence electrons. The lowest BCUT2D eigenvalue weighted by Gasteiger charge is -2.32. The van der Waals surface area contributed by atoms with Crippen LogP contribution in [-0.4, -0.2) is 48.1 Å². The Hall–Kier alpha value is -1.14. The van der Waals surface area contributed by atoms with Crippen molar-refractivity contribution in [1.29, 1.82) is 0 Å². The second kappa shape index (κ2) is 7.45. The second-order valence-electron chi connectivity index (χ2n) is 4.81. The van der Waals surface area contributed by atoms with E-state index in [0.717, 1.165) is 43.9 Å². The van der Waals surface area contributed by atoms with Crippen LogP contribution in [0.25, 0.3) is 0 Å². The molecule has 0 aromatic carbocycles. The third-order valence-electron chi connectivity index (χ3n) is 3.40. The van der Waals surface area contributed by atoms with E-state index in [2.05, 4.69) is 27.4 Å². The largest absolute Gasteiger partial charge is 0.338 e. The molecule has 6 heteroatoms. The quantitative estimate of drug-likeness (QED) is 0.860. The number of likely N-dealkylation sites (N-methyl/N-ethyl adjacent to an activating group) is 1. The molecule has 0 unspecified atom stereocenters. The minimum absolute atomic E-state index is 0.0560. The highest BCUT2D eigenvalue weighted by atomic mass is 32.1. The number of thiazole rings is 1. The molecule has 5 nitrogen and oxygen atoms in total. The molecule has 2 heterocycles. The van der Waals surface area contributed by atoms with Gasteiger partial charge in [0.1, 0.15) is 0 Å². The standard InChI is InChI=1S/C13H22N4OS/c1-2-17-8-3-4-11(10-17)16-13(18)15-6-5-12-14-7-9-19-12/h7,9,11H,2-6,8,10H2,1H3,(H2,15,16,18)/t11-/m1/s1. The summed E-state index contributed by atoms with van der Waals surface area (Å²) in [5.74, 6) is 0. The van der Waals surface area contributed by atoms with Crippen LogP contribution in [0, 0.1) is 0 Å². The van der Waals surface area contributed by atoms with Gasteiger partial charge in [-0.15, -0.1) is 11.3 Å². The average molecular weight is 282 g/mol. The first-order valence-electron chi connectivity index (χ1n) is 6.93. The number of likely N-dealkylation sites (tertiary alicyclic amines) is 1. The maximum Gasteiger partial charge on any atom is 0.315 e. The van der Waals surface area contributed by atoms with E-state index in [0.29, 0.717) is 6.54 Å². The number of piperidine rings is 1. The summed E-state index contributed by atoms with van der Waals surface area (Å²) in [4.78, 5) is 18.3. The van der Waals surface area contributed by atoms with Crippen molar-refractivity contribution in [2.75, 3.05) is 26.2 Å². The fourth-order valence-electron chi connectivity index (χ4n) is 2.36. The first-order valence-corrected chi connectivity index (χ1v) is 7.81. The number of carbonyl (C=O) groups excluding carboxylic acids is 1. The van der Waals surface area contributed by atoms with Crippen LogP contribution in [0.15, 0.2) is 11.6 Å². The molecule has 19 heavy (non-hydrogen) atoms. The van der Waals surface area contributed by atoms with Gasteiger partial charge in [0.25, 0.3) is 0 Å². The first-order chi connectivity index (χ1) is 9.28. The van der Waals surface area contributed by atoms with Gasteiger partial charge in [-0.3, -0.25) is 0 Å². The summed E-state index contributed by atoms with van der Waals surface area (Å²) < 4.78 is 0. The molecule has 0 saturated carbocycles. The Morgan fingerprint density at radius 3 is 3.26 bits per heavy atom. The molecule has 2 N–H and O–H groups in total. The highest BCUT2D eigenvalue weighted by Gasteiger charge is 2.19. The molecule has 1 fully saturated rings. The van der Waals surface area contributed by atoms with Crippen molar-refractivity contribution in [3.8, 4) is 0 Å². The SMILES string of the molecule is CCN1CCC[C@@H](NC(=O)NCCc2nccs2)C1. The van der Waals surface area contributed by atoms with E-state index in [1.807, 2.05) is 5.38 Å². The van der Waals surface area contributed by atoms with Crippen LogP contribution in [-0.2, 0) is 6.42 Å². The number of aromatic nitrogens is 1. The Morgan fingerprint density at radius 2 is 2.53 bits per heavy atom. The van der Waals surface area contributed by atoms with Crippen molar-refractivity contribution in [3.05, 3.63) is 16.6 Å². The van der Waals surface area contributed by atoms with Gasteiger partial charge < -0.3 is 15.5 Å². The van der Waals surface area contributed by atoms with E-state index >= 15 is 0 Å². The van der Waals surface area contributed by atoms with E-state index in [1.165, 1.54) is 0 Å². The van der Waals surface area contributed by atoms with Gasteiger partial charge in [0.15, 0.2) is 0 Å². The molecule has 1 aliphatic heterocycles. The smallest absolute Gasteiger partial charge is 0.315 e. The monoisotopic (exact) mass is 282 g/mol. The summed E-state index contributed by atoms with van der Waals surface area (Å²) in [6, 6.07) is 0.230. The lowest BCUT2D eigenvalue weighted by atomic mass is 10.1.